The number of piperazine rings is 1. The molecule has 1 aromatic heterocycles. The highest BCUT2D eigenvalue weighted by Crippen LogP contribution is 2.50. The molecule has 0 amide bonds. The lowest BCUT2D eigenvalue weighted by molar-refractivity contribution is -0.376. The van der Waals surface area contributed by atoms with E-state index in [9.17, 15) is 39.9 Å². The Morgan fingerprint density at radius 3 is 2.08 bits per heavy atom. The van der Waals surface area contributed by atoms with Crippen LogP contribution in [0.1, 0.15) is 11.1 Å². The molecule has 4 rings (SSSR count). The Kier molecular flexibility index (Phi) is 7.96. The molecule has 39 heavy (non-hydrogen) atoms. The van der Waals surface area contributed by atoms with Crippen molar-refractivity contribution >= 4 is 27.0 Å². The van der Waals surface area contributed by atoms with Gasteiger partial charge >= 0.3 is 12.4 Å². The number of alkyl halides is 6. The summed E-state index contributed by atoms with van der Waals surface area (Å²) >= 11 is 1.07. The summed E-state index contributed by atoms with van der Waals surface area (Å²) in [5.74, 6) is 0.610. The van der Waals surface area contributed by atoms with Gasteiger partial charge in [0.25, 0.3) is 15.6 Å². The van der Waals surface area contributed by atoms with Crippen LogP contribution in [0.5, 0.6) is 5.75 Å². The molecule has 0 aliphatic carbocycles. The van der Waals surface area contributed by atoms with E-state index in [1.807, 2.05) is 0 Å². The van der Waals surface area contributed by atoms with E-state index >= 15 is 0 Å². The summed E-state index contributed by atoms with van der Waals surface area (Å²) in [6.07, 6.45) is -11.7. The number of hydrogen-bond acceptors (Lipinski definition) is 6. The maximum Gasteiger partial charge on any atom is 0.430 e. The van der Waals surface area contributed by atoms with Gasteiger partial charge in [0.15, 0.2) is 0 Å². The van der Waals surface area contributed by atoms with Gasteiger partial charge in [-0.1, -0.05) is 30.3 Å². The summed E-state index contributed by atoms with van der Waals surface area (Å²) in [5.41, 5.74) is -5.29. The largest absolute Gasteiger partial charge is 0.497 e. The summed E-state index contributed by atoms with van der Waals surface area (Å²) in [6, 6.07) is 13.0. The fraction of sp³-hybridized carbons (Fsp3) is 0.360. The van der Waals surface area contributed by atoms with E-state index in [1.165, 1.54) is 17.5 Å². The maximum atomic E-state index is 13.3. The first-order chi connectivity index (χ1) is 18.2. The van der Waals surface area contributed by atoms with Crippen LogP contribution in [-0.2, 0) is 22.0 Å². The van der Waals surface area contributed by atoms with Crippen molar-refractivity contribution in [3.05, 3.63) is 77.2 Å². The van der Waals surface area contributed by atoms with E-state index < -0.39 is 39.6 Å². The summed E-state index contributed by atoms with van der Waals surface area (Å²) < 4.78 is 113. The average Bonchev–Trinajstić information content (AvgIpc) is 3.44. The molecule has 0 saturated carbocycles. The predicted octanol–water partition coefficient (Wildman–Crippen LogP) is 5.19. The first kappa shape index (κ1) is 29.2. The third-order valence-electron chi connectivity index (χ3n) is 6.60. The second-order valence-corrected chi connectivity index (χ2v) is 12.1. The van der Waals surface area contributed by atoms with Crippen molar-refractivity contribution < 1.29 is 44.6 Å². The minimum atomic E-state index is -5.99. The van der Waals surface area contributed by atoms with E-state index in [0.29, 0.717) is 24.3 Å². The summed E-state index contributed by atoms with van der Waals surface area (Å²) in [6.45, 7) is 0.215. The molecule has 6 nitrogen and oxygen atoms in total. The smallest absolute Gasteiger partial charge is 0.430 e. The SMILES string of the molecule is COc1ccc(CC2CN(S(=O)(=O)c3cccs3)CCN2c2ccc(C(O)(C(F)(F)F)C(F)(F)F)cc2)cc1. The molecular weight excluding hydrogens is 570 g/mol. The highest BCUT2D eigenvalue weighted by Gasteiger charge is 2.71. The monoisotopic (exact) mass is 594 g/mol. The molecule has 1 aliphatic rings. The number of ether oxygens (including phenoxy) is 1. The first-order valence-electron chi connectivity index (χ1n) is 11.6. The van der Waals surface area contributed by atoms with Crippen LogP contribution in [0.25, 0.3) is 0 Å². The van der Waals surface area contributed by atoms with Crippen molar-refractivity contribution in [3.63, 3.8) is 0 Å². The lowest BCUT2D eigenvalue weighted by Gasteiger charge is -2.42. The Morgan fingerprint density at radius 1 is 0.949 bits per heavy atom. The molecule has 0 bridgehead atoms. The normalized spacial score (nSPS) is 17.8. The van der Waals surface area contributed by atoms with Crippen LogP contribution in [-0.4, -0.2) is 63.0 Å². The molecule has 1 N–H and O–H groups in total. The van der Waals surface area contributed by atoms with Gasteiger partial charge in [-0.3, -0.25) is 0 Å². The highest BCUT2D eigenvalue weighted by atomic mass is 32.2. The summed E-state index contributed by atoms with van der Waals surface area (Å²) in [5, 5.41) is 11.4. The Bertz CT molecular complexity index is 1350. The molecule has 3 aromatic rings. The number of methoxy groups -OCH3 is 1. The molecule has 0 spiro atoms. The lowest BCUT2D eigenvalue weighted by atomic mass is 9.92. The summed E-state index contributed by atoms with van der Waals surface area (Å²) in [7, 11) is -2.29. The molecule has 2 aromatic carbocycles. The van der Waals surface area contributed by atoms with E-state index in [2.05, 4.69) is 0 Å². The van der Waals surface area contributed by atoms with Gasteiger partial charge in [-0.15, -0.1) is 11.3 Å². The van der Waals surface area contributed by atoms with E-state index in [4.69, 9.17) is 4.74 Å². The molecule has 1 unspecified atom stereocenters. The van der Waals surface area contributed by atoms with E-state index in [-0.39, 0.29) is 29.5 Å². The molecule has 1 saturated heterocycles. The van der Waals surface area contributed by atoms with Crippen LogP contribution in [0.4, 0.5) is 32.0 Å². The predicted molar refractivity (Wildman–Crippen MR) is 133 cm³/mol. The zero-order chi connectivity index (χ0) is 28.6. The maximum absolute atomic E-state index is 13.3. The second kappa shape index (κ2) is 10.6. The Hall–Kier alpha value is -2.81. The minimum Gasteiger partial charge on any atom is -0.497 e. The quantitative estimate of drug-likeness (QED) is 0.382. The number of thiophene rings is 1. The van der Waals surface area contributed by atoms with E-state index in [0.717, 1.165) is 29.0 Å². The number of halogens is 6. The van der Waals surface area contributed by atoms with Crippen LogP contribution in [0, 0.1) is 0 Å². The van der Waals surface area contributed by atoms with Gasteiger partial charge in [0.2, 0.25) is 0 Å². The fourth-order valence-corrected chi connectivity index (χ4v) is 7.13. The zero-order valence-electron chi connectivity index (χ0n) is 20.4. The van der Waals surface area contributed by atoms with Gasteiger partial charge in [0, 0.05) is 36.9 Å². The number of rotatable bonds is 7. The Labute approximate surface area is 225 Å². The highest BCUT2D eigenvalue weighted by molar-refractivity contribution is 7.91. The van der Waals surface area contributed by atoms with Gasteiger partial charge in [0.1, 0.15) is 9.96 Å². The zero-order valence-corrected chi connectivity index (χ0v) is 22.0. The molecule has 1 fully saturated rings. The van der Waals surface area contributed by atoms with Crippen molar-refractivity contribution in [1.29, 1.82) is 0 Å². The molecule has 14 heteroatoms. The Morgan fingerprint density at radius 2 is 1.56 bits per heavy atom. The lowest BCUT2D eigenvalue weighted by Crippen LogP contribution is -2.55. The Balaban J connectivity index is 1.66. The molecule has 212 valence electrons. The van der Waals surface area contributed by atoms with Gasteiger partial charge < -0.3 is 14.7 Å². The van der Waals surface area contributed by atoms with Crippen LogP contribution in [0.2, 0.25) is 0 Å². The van der Waals surface area contributed by atoms with Crippen LogP contribution in [0.15, 0.2) is 70.3 Å². The molecule has 2 heterocycles. The fourth-order valence-electron chi connectivity index (χ4n) is 4.51. The number of aliphatic hydroxyl groups is 1. The second-order valence-electron chi connectivity index (χ2n) is 8.95. The van der Waals surface area contributed by atoms with Crippen molar-refractivity contribution in [1.82, 2.24) is 4.31 Å². The average molecular weight is 595 g/mol. The van der Waals surface area contributed by atoms with Crippen molar-refractivity contribution in [2.24, 2.45) is 0 Å². The van der Waals surface area contributed by atoms with Crippen molar-refractivity contribution in [2.45, 2.75) is 34.6 Å². The van der Waals surface area contributed by atoms with Crippen LogP contribution in [0.3, 0.4) is 0 Å². The molecule has 1 aliphatic heterocycles. The topological polar surface area (TPSA) is 70.1 Å². The third kappa shape index (κ3) is 5.60. The summed E-state index contributed by atoms with van der Waals surface area (Å²) in [4.78, 5) is 1.74. The molecule has 1 atom stereocenters. The number of hydrogen-bond donors (Lipinski definition) is 1. The standard InChI is InChI=1S/C25H24F6N2O4S2/c1-37-21-10-4-17(5-11-21)15-20-16-32(39(35,36)22-3-2-14-38-22)12-13-33(20)19-8-6-18(7-9-19)23(34,24(26,27)28)25(29,30)31/h2-11,14,20,34H,12-13,15-16H2,1H3. The van der Waals surface area contributed by atoms with Crippen molar-refractivity contribution in [3.8, 4) is 5.75 Å². The van der Waals surface area contributed by atoms with Crippen molar-refractivity contribution in [2.75, 3.05) is 31.6 Å². The van der Waals surface area contributed by atoms with Gasteiger partial charge in [-0.2, -0.15) is 30.6 Å². The van der Waals surface area contributed by atoms with Gasteiger partial charge in [-0.05, 0) is 47.7 Å². The van der Waals surface area contributed by atoms with Gasteiger partial charge in [0.05, 0.1) is 7.11 Å². The number of anilines is 1. The minimum absolute atomic E-state index is 0.0308. The van der Waals surface area contributed by atoms with E-state index in [1.54, 1.807) is 40.6 Å². The number of sulfonamides is 1. The third-order valence-corrected chi connectivity index (χ3v) is 9.84. The van der Waals surface area contributed by atoms with Gasteiger partial charge in [-0.25, -0.2) is 8.42 Å². The molecular formula is C25H24F6N2O4S2. The van der Waals surface area contributed by atoms with Crippen LogP contribution < -0.4 is 9.64 Å². The number of nitrogens with zero attached hydrogens (tertiary/aromatic N) is 2. The first-order valence-corrected chi connectivity index (χ1v) is 13.9. The number of benzene rings is 2. The van der Waals surface area contributed by atoms with Crippen LogP contribution >= 0.6 is 11.3 Å². The molecule has 0 radical (unpaired) electrons.